The number of thioether (sulfide) groups is 1. The van der Waals surface area contributed by atoms with Crippen LogP contribution in [0.4, 0.5) is 24.5 Å². The van der Waals surface area contributed by atoms with Crippen LogP contribution in [0.25, 0.3) is 0 Å². The minimum atomic E-state index is -4.51. The zero-order chi connectivity index (χ0) is 21.4. The van der Waals surface area contributed by atoms with Gasteiger partial charge in [-0.25, -0.2) is 4.98 Å². The second kappa shape index (κ2) is 10.3. The monoisotopic (exact) mass is 448 g/mol. The molecule has 2 rings (SSSR count). The van der Waals surface area contributed by atoms with Crippen LogP contribution in [-0.2, 0) is 11.0 Å². The van der Waals surface area contributed by atoms with Gasteiger partial charge in [0.2, 0.25) is 5.91 Å². The summed E-state index contributed by atoms with van der Waals surface area (Å²) in [6.07, 6.45) is -3.71. The highest BCUT2D eigenvalue weighted by Crippen LogP contribution is 2.33. The van der Waals surface area contributed by atoms with E-state index in [9.17, 15) is 28.1 Å². The van der Waals surface area contributed by atoms with Crippen molar-refractivity contribution in [3.05, 3.63) is 57.2 Å². The molecule has 0 bridgehead atoms. The van der Waals surface area contributed by atoms with Gasteiger partial charge in [0.25, 0.3) is 5.69 Å². The summed E-state index contributed by atoms with van der Waals surface area (Å²) in [6, 6.07) is 6.91. The summed E-state index contributed by atoms with van der Waals surface area (Å²) in [5.74, 6) is 0.0877. The van der Waals surface area contributed by atoms with Gasteiger partial charge in [-0.05, 0) is 12.1 Å². The molecule has 0 saturated carbocycles. The Labute approximate surface area is 173 Å². The van der Waals surface area contributed by atoms with Gasteiger partial charge in [0.1, 0.15) is 10.7 Å². The number of halogens is 4. The summed E-state index contributed by atoms with van der Waals surface area (Å²) in [7, 11) is 0. The minimum Gasteiger partial charge on any atom is -0.379 e. The number of anilines is 1. The summed E-state index contributed by atoms with van der Waals surface area (Å²) in [6.45, 7) is 0.462. The maximum absolute atomic E-state index is 12.6. The number of hydrogen-bond donors (Lipinski definition) is 2. The molecule has 156 valence electrons. The zero-order valence-corrected chi connectivity index (χ0v) is 16.4. The maximum atomic E-state index is 12.6. The molecule has 7 nitrogen and oxygen atoms in total. The van der Waals surface area contributed by atoms with E-state index in [-0.39, 0.29) is 41.2 Å². The fraction of sp³-hybridized carbons (Fsp3) is 0.294. The van der Waals surface area contributed by atoms with E-state index in [0.717, 1.165) is 17.8 Å². The predicted octanol–water partition coefficient (Wildman–Crippen LogP) is 4.37. The number of alkyl halides is 3. The van der Waals surface area contributed by atoms with Gasteiger partial charge < -0.3 is 10.6 Å². The number of amides is 1. The van der Waals surface area contributed by atoms with Crippen molar-refractivity contribution in [1.29, 1.82) is 0 Å². The average molecular weight is 449 g/mol. The molecular weight excluding hydrogens is 433 g/mol. The normalized spacial score (nSPS) is 11.2. The Morgan fingerprint density at radius 3 is 2.66 bits per heavy atom. The Morgan fingerprint density at radius 1 is 1.28 bits per heavy atom. The lowest BCUT2D eigenvalue weighted by molar-refractivity contribution is -0.384. The number of nitro groups is 1. The Morgan fingerprint density at radius 2 is 2.00 bits per heavy atom. The van der Waals surface area contributed by atoms with E-state index >= 15 is 0 Å². The van der Waals surface area contributed by atoms with Crippen molar-refractivity contribution in [1.82, 2.24) is 10.3 Å². The van der Waals surface area contributed by atoms with E-state index in [4.69, 9.17) is 11.6 Å². The van der Waals surface area contributed by atoms with Crippen LogP contribution in [0.15, 0.2) is 41.6 Å². The average Bonchev–Trinajstić information content (AvgIpc) is 2.65. The van der Waals surface area contributed by atoms with E-state index in [1.165, 1.54) is 6.07 Å². The van der Waals surface area contributed by atoms with Gasteiger partial charge in [-0.15, -0.1) is 11.8 Å². The number of benzene rings is 1. The highest BCUT2D eigenvalue weighted by Gasteiger charge is 2.31. The fourth-order valence-electron chi connectivity index (χ4n) is 2.21. The Kier molecular flexibility index (Phi) is 8.09. The third kappa shape index (κ3) is 7.09. The molecule has 29 heavy (non-hydrogen) atoms. The quantitative estimate of drug-likeness (QED) is 0.256. The number of carbonyl (C=O) groups excluding carboxylic acids is 1. The Hall–Kier alpha value is -2.53. The van der Waals surface area contributed by atoms with Gasteiger partial charge in [0, 0.05) is 37.5 Å². The van der Waals surface area contributed by atoms with Crippen molar-refractivity contribution in [2.45, 2.75) is 17.6 Å². The molecule has 0 spiro atoms. The van der Waals surface area contributed by atoms with Crippen molar-refractivity contribution < 1.29 is 22.9 Å². The highest BCUT2D eigenvalue weighted by atomic mass is 35.5. The van der Waals surface area contributed by atoms with Gasteiger partial charge in [-0.3, -0.25) is 14.9 Å². The smallest absolute Gasteiger partial charge is 0.379 e. The number of pyridine rings is 1. The fourth-order valence-corrected chi connectivity index (χ4v) is 3.26. The SMILES string of the molecule is O=C(CCNc1ccccc1[N+](=O)[O-])NCCSc1ncc(C(F)(F)F)cc1Cl. The third-order valence-electron chi connectivity index (χ3n) is 3.57. The van der Waals surface area contributed by atoms with Crippen molar-refractivity contribution in [3.63, 3.8) is 0 Å². The van der Waals surface area contributed by atoms with Crippen molar-refractivity contribution in [2.75, 3.05) is 24.2 Å². The number of hydrogen-bond acceptors (Lipinski definition) is 6. The number of nitrogens with zero attached hydrogens (tertiary/aromatic N) is 2. The molecule has 12 heteroatoms. The molecule has 0 aliphatic carbocycles. The van der Waals surface area contributed by atoms with E-state index < -0.39 is 16.7 Å². The number of carbonyl (C=O) groups is 1. The van der Waals surface area contributed by atoms with Gasteiger partial charge in [0.05, 0.1) is 15.5 Å². The van der Waals surface area contributed by atoms with E-state index in [0.29, 0.717) is 17.6 Å². The van der Waals surface area contributed by atoms with Crippen LogP contribution in [0.3, 0.4) is 0 Å². The summed E-state index contributed by atoms with van der Waals surface area (Å²) in [5.41, 5.74) is -0.680. The summed E-state index contributed by atoms with van der Waals surface area (Å²) in [4.78, 5) is 25.9. The Balaban J connectivity index is 1.71. The standard InChI is InChI=1S/C17H16ClF3N4O3S/c18-12-9-11(17(19,20)21)10-24-16(12)29-8-7-23-15(26)5-6-22-13-3-1-2-4-14(13)25(27)28/h1-4,9-10,22H,5-8H2,(H,23,26). The second-order valence-corrected chi connectivity index (χ2v) is 7.15. The maximum Gasteiger partial charge on any atom is 0.417 e. The topological polar surface area (TPSA) is 97.2 Å². The minimum absolute atomic E-state index is 0.0785. The number of nitrogens with one attached hydrogen (secondary N) is 2. The molecule has 1 heterocycles. The molecule has 0 atom stereocenters. The molecule has 0 fully saturated rings. The van der Waals surface area contributed by atoms with Crippen molar-refractivity contribution in [3.8, 4) is 0 Å². The molecule has 1 aromatic carbocycles. The highest BCUT2D eigenvalue weighted by molar-refractivity contribution is 7.99. The molecule has 2 aromatic rings. The molecule has 2 N–H and O–H groups in total. The zero-order valence-electron chi connectivity index (χ0n) is 14.8. The molecule has 0 radical (unpaired) electrons. The number of para-hydroxylation sites is 2. The summed E-state index contributed by atoms with van der Waals surface area (Å²) < 4.78 is 37.7. The first kappa shape index (κ1) is 22.8. The van der Waals surface area contributed by atoms with Crippen molar-refractivity contribution in [2.24, 2.45) is 0 Å². The Bertz CT molecular complexity index is 883. The lowest BCUT2D eigenvalue weighted by Crippen LogP contribution is -2.27. The molecule has 0 unspecified atom stereocenters. The lowest BCUT2D eigenvalue weighted by atomic mass is 10.2. The number of rotatable bonds is 9. The first-order chi connectivity index (χ1) is 13.7. The molecular formula is C17H16ClF3N4O3S. The van der Waals surface area contributed by atoms with Crippen LogP contribution in [-0.4, -0.2) is 34.7 Å². The van der Waals surface area contributed by atoms with Crippen LogP contribution in [0.1, 0.15) is 12.0 Å². The van der Waals surface area contributed by atoms with E-state index in [2.05, 4.69) is 15.6 Å². The largest absolute Gasteiger partial charge is 0.417 e. The van der Waals surface area contributed by atoms with Crippen LogP contribution in [0.2, 0.25) is 5.02 Å². The molecule has 0 aliphatic rings. The summed E-state index contributed by atoms with van der Waals surface area (Å²) >= 11 is 6.93. The summed E-state index contributed by atoms with van der Waals surface area (Å²) in [5, 5.41) is 16.5. The van der Waals surface area contributed by atoms with E-state index in [1.807, 2.05) is 0 Å². The predicted molar refractivity (Wildman–Crippen MR) is 104 cm³/mol. The third-order valence-corrected chi connectivity index (χ3v) is 4.97. The number of aromatic nitrogens is 1. The van der Waals surface area contributed by atoms with Crippen LogP contribution >= 0.6 is 23.4 Å². The first-order valence-corrected chi connectivity index (χ1v) is 9.64. The molecule has 1 aromatic heterocycles. The molecule has 1 amide bonds. The molecule has 0 aliphatic heterocycles. The van der Waals surface area contributed by atoms with Gasteiger partial charge >= 0.3 is 6.18 Å². The first-order valence-electron chi connectivity index (χ1n) is 8.28. The van der Waals surface area contributed by atoms with Gasteiger partial charge in [-0.1, -0.05) is 23.7 Å². The molecule has 0 saturated heterocycles. The van der Waals surface area contributed by atoms with E-state index in [1.54, 1.807) is 18.2 Å². The number of nitro benzene ring substituents is 1. The van der Waals surface area contributed by atoms with Crippen LogP contribution in [0.5, 0.6) is 0 Å². The van der Waals surface area contributed by atoms with Gasteiger partial charge in [-0.2, -0.15) is 13.2 Å². The lowest BCUT2D eigenvalue weighted by Gasteiger charge is -2.09. The van der Waals surface area contributed by atoms with Gasteiger partial charge in [0.15, 0.2) is 0 Å². The van der Waals surface area contributed by atoms with Crippen molar-refractivity contribution >= 4 is 40.6 Å². The second-order valence-electron chi connectivity index (χ2n) is 5.66. The van der Waals surface area contributed by atoms with Crippen LogP contribution in [0, 0.1) is 10.1 Å². The van der Waals surface area contributed by atoms with Crippen LogP contribution < -0.4 is 10.6 Å².